The highest BCUT2D eigenvalue weighted by molar-refractivity contribution is 5.69. The number of carboxylic acid groups (broad SMARTS) is 1. The molecule has 3 saturated carbocycles. The fourth-order valence-electron chi connectivity index (χ4n) is 10.3. The first-order chi connectivity index (χ1) is 22.4. The molecule has 4 nitrogen and oxygen atoms in total. The Kier molecular flexibility index (Phi) is 10.8. The van der Waals surface area contributed by atoms with Crippen LogP contribution in [-0.2, 0) is 11.2 Å². The summed E-state index contributed by atoms with van der Waals surface area (Å²) >= 11 is 0. The van der Waals surface area contributed by atoms with Gasteiger partial charge in [-0.1, -0.05) is 57.9 Å². The van der Waals surface area contributed by atoms with Gasteiger partial charge in [0.1, 0.15) is 5.75 Å². The van der Waals surface area contributed by atoms with Crippen molar-refractivity contribution in [2.75, 3.05) is 0 Å². The number of hydrogen-bond donors (Lipinski definition) is 3. The van der Waals surface area contributed by atoms with E-state index >= 15 is 0 Å². The Hall–Kier alpha value is -2.04. The van der Waals surface area contributed by atoms with Gasteiger partial charge >= 0.3 is 24.0 Å². The van der Waals surface area contributed by atoms with Crippen molar-refractivity contribution in [2.45, 2.75) is 153 Å². The number of carboxylic acids is 1. The minimum Gasteiger partial charge on any atom is -0.508 e. The average molecular weight is 693 g/mol. The van der Waals surface area contributed by atoms with E-state index in [9.17, 15) is 50.8 Å². The van der Waals surface area contributed by atoms with E-state index < -0.39 is 42.8 Å². The van der Waals surface area contributed by atoms with Gasteiger partial charge in [-0.3, -0.25) is 4.79 Å². The Labute approximate surface area is 278 Å². The number of hydrogen-bond acceptors (Lipinski definition) is 3. The number of aromatic hydroxyl groups is 1. The number of benzene rings is 1. The van der Waals surface area contributed by atoms with Crippen molar-refractivity contribution in [3.8, 4) is 5.75 Å². The molecular weight excluding hydrogens is 641 g/mol. The summed E-state index contributed by atoms with van der Waals surface area (Å²) in [6, 6.07) is 5.87. The Morgan fingerprint density at radius 3 is 2.17 bits per heavy atom. The van der Waals surface area contributed by atoms with Gasteiger partial charge in [-0.25, -0.2) is 0 Å². The van der Waals surface area contributed by atoms with Crippen molar-refractivity contribution in [3.05, 3.63) is 29.3 Å². The molecule has 0 aromatic heterocycles. The molecule has 4 aliphatic rings. The fourth-order valence-corrected chi connectivity index (χ4v) is 10.3. The molecule has 0 saturated heterocycles. The molecular formula is C37H51F7O4. The molecule has 7 atom stereocenters. The highest BCUT2D eigenvalue weighted by Crippen LogP contribution is 2.76. The zero-order valence-corrected chi connectivity index (χ0v) is 27.8. The second-order valence-electron chi connectivity index (χ2n) is 15.8. The second-order valence-corrected chi connectivity index (χ2v) is 15.8. The highest BCUT2D eigenvalue weighted by Gasteiger charge is 2.73. The molecule has 4 aliphatic carbocycles. The van der Waals surface area contributed by atoms with Gasteiger partial charge in [0.2, 0.25) is 0 Å². The lowest BCUT2D eigenvalue weighted by atomic mass is 9.50. The molecule has 0 amide bonds. The number of alkyl halides is 7. The van der Waals surface area contributed by atoms with Crippen molar-refractivity contribution >= 4 is 5.97 Å². The topological polar surface area (TPSA) is 77.8 Å². The number of phenolic OH excluding ortho intramolecular Hbond substituents is 1. The summed E-state index contributed by atoms with van der Waals surface area (Å²) in [6.07, 6.45) is 4.42. The predicted octanol–water partition coefficient (Wildman–Crippen LogP) is 10.4. The van der Waals surface area contributed by atoms with Gasteiger partial charge in [-0.2, -0.15) is 30.7 Å². The standard InChI is InChI=1S/C37H51F7O4/c1-33-17-15-28-27-14-13-26(45)21-25(27)20-24(31(28)29(33)22-30(46)34(33)18-19-34)11-8-6-4-2-3-5-7-10-23(32(47)48)12-9-16-35(38,39)36(40,41)37(42,43)44/h13-14,21,23-24,28-31,45-46H,2-12,15-20,22H2,1H3,(H,47,48)/t23?,24?,28?,29?,30-,31?,33+/m1/s1. The maximum Gasteiger partial charge on any atom is 0.459 e. The number of aliphatic carboxylic acids is 1. The van der Waals surface area contributed by atoms with E-state index in [1.807, 2.05) is 12.1 Å². The van der Waals surface area contributed by atoms with Crippen molar-refractivity contribution in [2.24, 2.45) is 34.5 Å². The summed E-state index contributed by atoms with van der Waals surface area (Å²) in [7, 11) is 0. The quantitative estimate of drug-likeness (QED) is 0.119. The van der Waals surface area contributed by atoms with Crippen LogP contribution in [0.2, 0.25) is 0 Å². The SMILES string of the molecule is C[C@]12CCC3c4ccc(O)cc4CC(CCCCCCCCCC(CCCC(F)(F)C(F)(F)C(F)(F)F)C(=O)O)C3C1C[C@@H](O)C21CC1. The van der Waals surface area contributed by atoms with Gasteiger partial charge in [0.05, 0.1) is 12.0 Å². The van der Waals surface area contributed by atoms with Crippen LogP contribution in [0.4, 0.5) is 30.7 Å². The lowest BCUT2D eigenvalue weighted by molar-refractivity contribution is -0.355. The van der Waals surface area contributed by atoms with Gasteiger partial charge in [0, 0.05) is 11.8 Å². The van der Waals surface area contributed by atoms with Crippen molar-refractivity contribution in [3.63, 3.8) is 0 Å². The fraction of sp³-hybridized carbons (Fsp3) is 0.811. The van der Waals surface area contributed by atoms with E-state index in [4.69, 9.17) is 0 Å². The minimum atomic E-state index is -6.38. The molecule has 272 valence electrons. The van der Waals surface area contributed by atoms with Crippen LogP contribution in [-0.4, -0.2) is 45.4 Å². The van der Waals surface area contributed by atoms with E-state index in [-0.39, 0.29) is 29.8 Å². The van der Waals surface area contributed by atoms with Crippen molar-refractivity contribution in [1.82, 2.24) is 0 Å². The number of rotatable bonds is 16. The number of phenols is 1. The predicted molar refractivity (Wildman–Crippen MR) is 167 cm³/mol. The van der Waals surface area contributed by atoms with Gasteiger partial charge < -0.3 is 15.3 Å². The maximum atomic E-state index is 13.6. The Bertz CT molecular complexity index is 1280. The average Bonchev–Trinajstić information content (AvgIpc) is 3.79. The van der Waals surface area contributed by atoms with Crippen LogP contribution >= 0.6 is 0 Å². The van der Waals surface area contributed by atoms with Crippen molar-refractivity contribution in [1.29, 1.82) is 0 Å². The van der Waals surface area contributed by atoms with E-state index in [2.05, 4.69) is 13.0 Å². The van der Waals surface area contributed by atoms with Crippen molar-refractivity contribution < 1.29 is 50.8 Å². The minimum absolute atomic E-state index is 0.107. The molecule has 1 aromatic rings. The molecule has 5 rings (SSSR count). The monoisotopic (exact) mass is 692 g/mol. The summed E-state index contributed by atoms with van der Waals surface area (Å²) in [5, 5.41) is 30.8. The lowest BCUT2D eigenvalue weighted by Gasteiger charge is -2.54. The Morgan fingerprint density at radius 2 is 1.54 bits per heavy atom. The van der Waals surface area contributed by atoms with Crippen LogP contribution in [0.15, 0.2) is 18.2 Å². The second kappa shape index (κ2) is 13.9. The van der Waals surface area contributed by atoms with Crippen LogP contribution in [0, 0.1) is 34.5 Å². The normalized spacial score (nSPS) is 30.1. The van der Waals surface area contributed by atoms with Crippen LogP contribution < -0.4 is 0 Å². The van der Waals surface area contributed by atoms with E-state index in [1.165, 1.54) is 11.1 Å². The first-order valence-electron chi connectivity index (χ1n) is 18.0. The number of fused-ring (bicyclic) bond motifs is 6. The van der Waals surface area contributed by atoms with Gasteiger partial charge in [-0.15, -0.1) is 0 Å². The first kappa shape index (κ1) is 37.2. The number of carbonyl (C=O) groups is 1. The molecule has 0 heterocycles. The Morgan fingerprint density at radius 1 is 0.917 bits per heavy atom. The summed E-state index contributed by atoms with van der Waals surface area (Å²) < 4.78 is 90.4. The summed E-state index contributed by atoms with van der Waals surface area (Å²) in [6.45, 7) is 2.44. The zero-order valence-electron chi connectivity index (χ0n) is 27.8. The molecule has 5 unspecified atom stereocenters. The largest absolute Gasteiger partial charge is 0.508 e. The molecule has 11 heteroatoms. The molecule has 1 aromatic carbocycles. The van der Waals surface area contributed by atoms with Gasteiger partial charge in [0.15, 0.2) is 0 Å². The number of halogens is 7. The molecule has 1 spiro atoms. The molecule has 3 fully saturated rings. The van der Waals surface area contributed by atoms with Crippen LogP contribution in [0.1, 0.15) is 133 Å². The maximum absolute atomic E-state index is 13.6. The summed E-state index contributed by atoms with van der Waals surface area (Å²) in [5.41, 5.74) is 2.94. The first-order valence-corrected chi connectivity index (χ1v) is 18.0. The highest BCUT2D eigenvalue weighted by atomic mass is 19.4. The van der Waals surface area contributed by atoms with Gasteiger partial charge in [-0.05, 0) is 117 Å². The molecule has 0 bridgehead atoms. The van der Waals surface area contributed by atoms with E-state index in [0.29, 0.717) is 35.8 Å². The molecule has 3 N–H and O–H groups in total. The van der Waals surface area contributed by atoms with Crippen LogP contribution in [0.3, 0.4) is 0 Å². The molecule has 0 radical (unpaired) electrons. The third kappa shape index (κ3) is 6.96. The number of aliphatic hydroxyl groups excluding tert-OH is 1. The third-order valence-electron chi connectivity index (χ3n) is 13.2. The molecule has 48 heavy (non-hydrogen) atoms. The van der Waals surface area contributed by atoms with E-state index in [0.717, 1.165) is 83.5 Å². The third-order valence-corrected chi connectivity index (χ3v) is 13.2. The van der Waals surface area contributed by atoms with E-state index in [1.54, 1.807) is 0 Å². The van der Waals surface area contributed by atoms with Crippen LogP contribution in [0.5, 0.6) is 5.75 Å². The number of aliphatic hydroxyl groups is 1. The molecule has 0 aliphatic heterocycles. The zero-order chi connectivity index (χ0) is 35.1. The van der Waals surface area contributed by atoms with Gasteiger partial charge in [0.25, 0.3) is 0 Å². The summed E-state index contributed by atoms with van der Waals surface area (Å²) in [5.74, 6) is -11.5. The smallest absolute Gasteiger partial charge is 0.459 e. The summed E-state index contributed by atoms with van der Waals surface area (Å²) in [4.78, 5) is 11.5. The Balaban J connectivity index is 1.04. The lowest BCUT2D eigenvalue weighted by Crippen LogP contribution is -2.51. The number of unbranched alkanes of at least 4 members (excludes halogenated alkanes) is 6. The van der Waals surface area contributed by atoms with Crippen LogP contribution in [0.25, 0.3) is 0 Å².